The summed E-state index contributed by atoms with van der Waals surface area (Å²) in [6.07, 6.45) is 0.577. The second-order valence-electron chi connectivity index (χ2n) is 3.83. The van der Waals surface area contributed by atoms with E-state index in [2.05, 4.69) is 10.6 Å². The maximum Gasteiger partial charge on any atom is 0.251 e. The standard InChI is InChI=1S/C13H14ClN3O2/c1-2-7-16-13(19)9-3-4-10(14)11(8-9)17-12(18)5-6-15/h3-4,8H,2,5,7H2,1H3,(H,16,19)(H,17,18). The molecule has 2 N–H and O–H groups in total. The molecule has 0 atom stereocenters. The third-order valence-corrected chi connectivity index (χ3v) is 2.61. The summed E-state index contributed by atoms with van der Waals surface area (Å²) in [5, 5.41) is 13.9. The van der Waals surface area contributed by atoms with E-state index in [-0.39, 0.29) is 12.3 Å². The quantitative estimate of drug-likeness (QED) is 0.868. The smallest absolute Gasteiger partial charge is 0.251 e. The van der Waals surface area contributed by atoms with E-state index in [9.17, 15) is 9.59 Å². The Morgan fingerprint density at radius 2 is 2.16 bits per heavy atom. The van der Waals surface area contributed by atoms with Crippen LogP contribution in [0.4, 0.5) is 5.69 Å². The van der Waals surface area contributed by atoms with E-state index >= 15 is 0 Å². The third kappa shape index (κ3) is 4.60. The molecule has 6 heteroatoms. The predicted octanol–water partition coefficient (Wildman–Crippen LogP) is 2.33. The molecule has 100 valence electrons. The number of benzene rings is 1. The summed E-state index contributed by atoms with van der Waals surface area (Å²) in [6.45, 7) is 2.53. The minimum absolute atomic E-state index is 0.228. The molecule has 2 amide bonds. The van der Waals surface area contributed by atoms with Crippen molar-refractivity contribution in [2.75, 3.05) is 11.9 Å². The lowest BCUT2D eigenvalue weighted by atomic mass is 10.2. The minimum Gasteiger partial charge on any atom is -0.352 e. The van der Waals surface area contributed by atoms with Crippen LogP contribution in [0.25, 0.3) is 0 Å². The number of hydrogen-bond acceptors (Lipinski definition) is 3. The number of hydrogen-bond donors (Lipinski definition) is 2. The highest BCUT2D eigenvalue weighted by Crippen LogP contribution is 2.23. The van der Waals surface area contributed by atoms with E-state index in [0.29, 0.717) is 22.8 Å². The van der Waals surface area contributed by atoms with Crippen molar-refractivity contribution in [3.63, 3.8) is 0 Å². The second-order valence-corrected chi connectivity index (χ2v) is 4.24. The summed E-state index contributed by atoms with van der Waals surface area (Å²) < 4.78 is 0. The molecule has 0 fully saturated rings. The van der Waals surface area contributed by atoms with Crippen molar-refractivity contribution in [1.29, 1.82) is 5.26 Å². The summed E-state index contributed by atoms with van der Waals surface area (Å²) in [5.41, 5.74) is 0.733. The van der Waals surface area contributed by atoms with Crippen LogP contribution in [0.5, 0.6) is 0 Å². The number of nitrogens with zero attached hydrogens (tertiary/aromatic N) is 1. The molecular weight excluding hydrogens is 266 g/mol. The van der Waals surface area contributed by atoms with E-state index in [4.69, 9.17) is 16.9 Å². The molecule has 0 radical (unpaired) electrons. The Labute approximate surface area is 116 Å². The van der Waals surface area contributed by atoms with Gasteiger partial charge in [-0.15, -0.1) is 0 Å². The van der Waals surface area contributed by atoms with Crippen molar-refractivity contribution < 1.29 is 9.59 Å². The fraction of sp³-hybridized carbons (Fsp3) is 0.308. The van der Waals surface area contributed by atoms with Crippen LogP contribution in [0.15, 0.2) is 18.2 Å². The van der Waals surface area contributed by atoms with Gasteiger partial charge < -0.3 is 10.6 Å². The van der Waals surface area contributed by atoms with Gasteiger partial charge in [-0.05, 0) is 24.6 Å². The monoisotopic (exact) mass is 279 g/mol. The molecule has 0 unspecified atom stereocenters. The maximum atomic E-state index is 11.8. The van der Waals surface area contributed by atoms with Crippen molar-refractivity contribution in [3.05, 3.63) is 28.8 Å². The van der Waals surface area contributed by atoms with Crippen LogP contribution >= 0.6 is 11.6 Å². The minimum atomic E-state index is -0.462. The van der Waals surface area contributed by atoms with Crippen molar-refractivity contribution in [2.24, 2.45) is 0 Å². The van der Waals surface area contributed by atoms with Crippen LogP contribution < -0.4 is 10.6 Å². The molecule has 0 spiro atoms. The molecule has 0 bridgehead atoms. The fourth-order valence-corrected chi connectivity index (χ4v) is 1.53. The molecule has 1 rings (SSSR count). The van der Waals surface area contributed by atoms with Crippen molar-refractivity contribution in [2.45, 2.75) is 19.8 Å². The largest absolute Gasteiger partial charge is 0.352 e. The van der Waals surface area contributed by atoms with E-state index in [0.717, 1.165) is 6.42 Å². The van der Waals surface area contributed by atoms with Gasteiger partial charge in [-0.25, -0.2) is 0 Å². The average Bonchev–Trinajstić information content (AvgIpc) is 2.38. The van der Waals surface area contributed by atoms with Gasteiger partial charge in [0.15, 0.2) is 0 Å². The molecule has 1 aromatic carbocycles. The number of carbonyl (C=O) groups excluding carboxylic acids is 2. The van der Waals surface area contributed by atoms with Gasteiger partial charge in [0.05, 0.1) is 16.8 Å². The van der Waals surface area contributed by atoms with Crippen LogP contribution in [0.2, 0.25) is 5.02 Å². The Hall–Kier alpha value is -2.06. The van der Waals surface area contributed by atoms with Crippen molar-refractivity contribution in [3.8, 4) is 6.07 Å². The van der Waals surface area contributed by atoms with Gasteiger partial charge in [0.1, 0.15) is 6.42 Å². The highest BCUT2D eigenvalue weighted by atomic mass is 35.5. The zero-order valence-electron chi connectivity index (χ0n) is 10.5. The summed E-state index contributed by atoms with van der Waals surface area (Å²) in [7, 11) is 0. The van der Waals surface area contributed by atoms with Crippen LogP contribution in [0, 0.1) is 11.3 Å². The van der Waals surface area contributed by atoms with E-state index in [1.165, 1.54) is 12.1 Å². The molecule has 0 aliphatic rings. The van der Waals surface area contributed by atoms with Gasteiger partial charge >= 0.3 is 0 Å². The number of anilines is 1. The molecule has 0 saturated carbocycles. The lowest BCUT2D eigenvalue weighted by Crippen LogP contribution is -2.24. The predicted molar refractivity (Wildman–Crippen MR) is 72.9 cm³/mol. The number of amides is 2. The SMILES string of the molecule is CCCNC(=O)c1ccc(Cl)c(NC(=O)CC#N)c1. The summed E-state index contributed by atoms with van der Waals surface area (Å²) >= 11 is 5.92. The number of carbonyl (C=O) groups is 2. The Bertz CT molecular complexity index is 523. The maximum absolute atomic E-state index is 11.8. The molecule has 0 saturated heterocycles. The van der Waals surface area contributed by atoms with Crippen LogP contribution in [-0.2, 0) is 4.79 Å². The van der Waals surface area contributed by atoms with Gasteiger partial charge in [0.25, 0.3) is 5.91 Å². The van der Waals surface area contributed by atoms with E-state index in [1.807, 2.05) is 6.92 Å². The Kier molecular flexibility index (Phi) is 5.83. The molecule has 1 aromatic rings. The fourth-order valence-electron chi connectivity index (χ4n) is 1.37. The highest BCUT2D eigenvalue weighted by Gasteiger charge is 2.10. The van der Waals surface area contributed by atoms with Gasteiger partial charge in [0, 0.05) is 12.1 Å². The summed E-state index contributed by atoms with van der Waals surface area (Å²) in [6, 6.07) is 6.34. The molecular formula is C13H14ClN3O2. The van der Waals surface area contributed by atoms with Crippen molar-refractivity contribution >= 4 is 29.1 Å². The highest BCUT2D eigenvalue weighted by molar-refractivity contribution is 6.33. The topological polar surface area (TPSA) is 82.0 Å². The van der Waals surface area contributed by atoms with Crippen molar-refractivity contribution in [1.82, 2.24) is 5.32 Å². The second kappa shape index (κ2) is 7.39. The van der Waals surface area contributed by atoms with Gasteiger partial charge in [-0.1, -0.05) is 18.5 Å². The zero-order chi connectivity index (χ0) is 14.3. The lowest BCUT2D eigenvalue weighted by Gasteiger charge is -2.08. The molecule has 0 aliphatic heterocycles. The van der Waals surface area contributed by atoms with Gasteiger partial charge in [-0.2, -0.15) is 5.26 Å². The van der Waals surface area contributed by atoms with Gasteiger partial charge in [0.2, 0.25) is 5.91 Å². The normalized spacial score (nSPS) is 9.53. The number of rotatable bonds is 5. The van der Waals surface area contributed by atoms with Gasteiger partial charge in [-0.3, -0.25) is 9.59 Å². The Morgan fingerprint density at radius 1 is 1.42 bits per heavy atom. The molecule has 0 aromatic heterocycles. The zero-order valence-corrected chi connectivity index (χ0v) is 11.3. The number of nitrogens with one attached hydrogen (secondary N) is 2. The van der Waals surface area contributed by atoms with E-state index in [1.54, 1.807) is 12.1 Å². The molecule has 19 heavy (non-hydrogen) atoms. The Balaban J connectivity index is 2.85. The summed E-state index contributed by atoms with van der Waals surface area (Å²) in [5.74, 6) is -0.690. The first-order valence-electron chi connectivity index (χ1n) is 5.83. The number of nitriles is 1. The first-order chi connectivity index (χ1) is 9.08. The number of halogens is 1. The first-order valence-corrected chi connectivity index (χ1v) is 6.20. The van der Waals surface area contributed by atoms with Crippen LogP contribution in [0.1, 0.15) is 30.1 Å². The van der Waals surface area contributed by atoms with E-state index < -0.39 is 5.91 Å². The Morgan fingerprint density at radius 3 is 2.79 bits per heavy atom. The molecule has 0 heterocycles. The summed E-state index contributed by atoms with van der Waals surface area (Å²) in [4.78, 5) is 23.1. The lowest BCUT2D eigenvalue weighted by molar-refractivity contribution is -0.115. The molecule has 5 nitrogen and oxygen atoms in total. The third-order valence-electron chi connectivity index (χ3n) is 2.28. The van der Waals surface area contributed by atoms with Crippen LogP contribution in [-0.4, -0.2) is 18.4 Å². The average molecular weight is 280 g/mol. The first kappa shape index (κ1) is 15.0. The van der Waals surface area contributed by atoms with Crippen LogP contribution in [0.3, 0.4) is 0 Å². The molecule has 0 aliphatic carbocycles.